The number of methoxy groups -OCH3 is 1. The summed E-state index contributed by atoms with van der Waals surface area (Å²) in [7, 11) is 3.72. The molecule has 1 aromatic carbocycles. The van der Waals surface area contributed by atoms with E-state index in [1.807, 2.05) is 12.1 Å². The Hall–Kier alpha value is -1.65. The second-order valence-electron chi connectivity index (χ2n) is 7.43. The van der Waals surface area contributed by atoms with Crippen LogP contribution < -0.4 is 4.74 Å². The molecule has 4 rings (SSSR count). The number of hydrogen-bond acceptors (Lipinski definition) is 6. The molecule has 1 aromatic rings. The number of aliphatic hydroxyl groups is 2. The molecule has 0 spiro atoms. The van der Waals surface area contributed by atoms with Gasteiger partial charge < -0.3 is 14.9 Å². The molecule has 2 bridgehead atoms. The van der Waals surface area contributed by atoms with Gasteiger partial charge in [-0.3, -0.25) is 9.80 Å². The molecule has 2 saturated heterocycles. The number of rotatable bonds is 3. The number of ether oxygens (including phenoxy) is 1. The topological polar surface area (TPSA) is 80.0 Å². The SMILES string of the molecule is COc1cccc2c1[C@H](CO)N1[C@@H](C#N)[C@@H]3C[C@@H](CO)[C@H]([C@@H]1C2)N3C. The Bertz CT molecular complexity index is 704. The lowest BCUT2D eigenvalue weighted by Crippen LogP contribution is -2.66. The zero-order valence-electron chi connectivity index (χ0n) is 14.7. The molecule has 6 nitrogen and oxygen atoms in total. The van der Waals surface area contributed by atoms with Gasteiger partial charge in [0.2, 0.25) is 0 Å². The Morgan fingerprint density at radius 2 is 2.08 bits per heavy atom. The van der Waals surface area contributed by atoms with Crippen LogP contribution in [-0.4, -0.2) is 71.6 Å². The smallest absolute Gasteiger partial charge is 0.124 e. The molecule has 2 N–H and O–H groups in total. The number of benzene rings is 1. The van der Waals surface area contributed by atoms with E-state index in [2.05, 4.69) is 29.0 Å². The number of likely N-dealkylation sites (N-methyl/N-ethyl adjacent to an activating group) is 1. The molecule has 3 heterocycles. The Kier molecular flexibility index (Phi) is 4.20. The summed E-state index contributed by atoms with van der Waals surface area (Å²) in [6.07, 6.45) is 1.63. The number of hydrogen-bond donors (Lipinski definition) is 2. The standard InChI is InChI=1S/C19H25N3O3/c1-21-13-7-12(9-23)19(21)14-6-11-4-3-5-17(25-2)18(11)16(10-24)22(14)15(13)8-20/h3-5,12-16,19,23-24H,6-7,9-10H2,1-2H3/t12-,13-,14-,15-,16-,19+/m0/s1. The van der Waals surface area contributed by atoms with Gasteiger partial charge in [0.25, 0.3) is 0 Å². The molecule has 0 saturated carbocycles. The first-order chi connectivity index (χ1) is 12.2. The third kappa shape index (κ3) is 2.24. The first-order valence-electron chi connectivity index (χ1n) is 8.92. The zero-order valence-corrected chi connectivity index (χ0v) is 14.7. The molecule has 0 aliphatic carbocycles. The maximum Gasteiger partial charge on any atom is 0.124 e. The minimum atomic E-state index is -0.294. The molecule has 134 valence electrons. The summed E-state index contributed by atoms with van der Waals surface area (Å²) in [4.78, 5) is 4.49. The molecule has 3 aliphatic rings. The summed E-state index contributed by atoms with van der Waals surface area (Å²) in [5, 5.41) is 30.0. The Labute approximate surface area is 148 Å². The number of piperazine rings is 1. The van der Waals surface area contributed by atoms with Crippen LogP contribution in [0, 0.1) is 17.2 Å². The Balaban J connectivity index is 1.86. The zero-order chi connectivity index (χ0) is 17.7. The minimum absolute atomic E-state index is 0.0466. The van der Waals surface area contributed by atoms with Gasteiger partial charge in [-0.15, -0.1) is 0 Å². The van der Waals surface area contributed by atoms with Gasteiger partial charge in [0.05, 0.1) is 25.8 Å². The van der Waals surface area contributed by atoms with Crippen molar-refractivity contribution >= 4 is 0 Å². The van der Waals surface area contributed by atoms with Crippen LogP contribution in [-0.2, 0) is 6.42 Å². The molecule has 3 aliphatic heterocycles. The monoisotopic (exact) mass is 343 g/mol. The number of nitrogens with zero attached hydrogens (tertiary/aromatic N) is 3. The number of aliphatic hydroxyl groups excluding tert-OH is 2. The number of fused-ring (bicyclic) bond motifs is 5. The van der Waals surface area contributed by atoms with Crippen molar-refractivity contribution < 1.29 is 14.9 Å². The average Bonchev–Trinajstić information content (AvgIpc) is 2.89. The normalized spacial score (nSPS) is 37.2. The molecular weight excluding hydrogens is 318 g/mol. The van der Waals surface area contributed by atoms with Crippen molar-refractivity contribution in [3.05, 3.63) is 29.3 Å². The minimum Gasteiger partial charge on any atom is -0.496 e. The quantitative estimate of drug-likeness (QED) is 0.834. The summed E-state index contributed by atoms with van der Waals surface area (Å²) < 4.78 is 5.55. The predicted molar refractivity (Wildman–Crippen MR) is 92.1 cm³/mol. The maximum absolute atomic E-state index is 10.2. The van der Waals surface area contributed by atoms with Crippen molar-refractivity contribution in [2.45, 2.75) is 43.1 Å². The second kappa shape index (κ2) is 6.26. The van der Waals surface area contributed by atoms with E-state index in [4.69, 9.17) is 4.74 Å². The first kappa shape index (κ1) is 16.8. The molecule has 25 heavy (non-hydrogen) atoms. The molecule has 2 fully saturated rings. The van der Waals surface area contributed by atoms with Crippen LogP contribution in [0.4, 0.5) is 0 Å². The van der Waals surface area contributed by atoms with Crippen LogP contribution in [0.5, 0.6) is 5.75 Å². The van der Waals surface area contributed by atoms with Gasteiger partial charge in [-0.05, 0) is 31.5 Å². The fourth-order valence-corrected chi connectivity index (χ4v) is 5.56. The molecule has 6 atom stereocenters. The van der Waals surface area contributed by atoms with Gasteiger partial charge >= 0.3 is 0 Å². The van der Waals surface area contributed by atoms with Crippen LogP contribution in [0.15, 0.2) is 18.2 Å². The largest absolute Gasteiger partial charge is 0.496 e. The van der Waals surface area contributed by atoms with Gasteiger partial charge in [0, 0.05) is 36.2 Å². The van der Waals surface area contributed by atoms with Crippen molar-refractivity contribution in [2.24, 2.45) is 5.92 Å². The van der Waals surface area contributed by atoms with Crippen molar-refractivity contribution in [3.63, 3.8) is 0 Å². The van der Waals surface area contributed by atoms with E-state index in [1.54, 1.807) is 7.11 Å². The molecule has 0 radical (unpaired) electrons. The van der Waals surface area contributed by atoms with Crippen LogP contribution in [0.1, 0.15) is 23.6 Å². The predicted octanol–water partition coefficient (Wildman–Crippen LogP) is 0.542. The van der Waals surface area contributed by atoms with E-state index in [1.165, 1.54) is 5.56 Å². The van der Waals surface area contributed by atoms with Gasteiger partial charge in [0.1, 0.15) is 11.8 Å². The van der Waals surface area contributed by atoms with E-state index in [0.29, 0.717) is 0 Å². The lowest BCUT2D eigenvalue weighted by atomic mass is 9.80. The molecule has 0 amide bonds. The first-order valence-corrected chi connectivity index (χ1v) is 8.92. The molecule has 0 unspecified atom stereocenters. The van der Waals surface area contributed by atoms with Crippen molar-refractivity contribution in [2.75, 3.05) is 27.4 Å². The van der Waals surface area contributed by atoms with Gasteiger partial charge in [-0.1, -0.05) is 12.1 Å². The second-order valence-corrected chi connectivity index (χ2v) is 7.43. The highest BCUT2D eigenvalue weighted by Crippen LogP contribution is 2.49. The molecule has 0 aromatic heterocycles. The van der Waals surface area contributed by atoms with Crippen LogP contribution in [0.3, 0.4) is 0 Å². The Morgan fingerprint density at radius 3 is 2.72 bits per heavy atom. The van der Waals surface area contributed by atoms with Crippen LogP contribution in [0.25, 0.3) is 0 Å². The third-order valence-electron chi connectivity index (χ3n) is 6.52. The highest BCUT2D eigenvalue weighted by Gasteiger charge is 2.57. The van der Waals surface area contributed by atoms with Crippen LogP contribution >= 0.6 is 0 Å². The summed E-state index contributed by atoms with van der Waals surface area (Å²) in [6, 6.07) is 8.35. The average molecular weight is 343 g/mol. The summed E-state index contributed by atoms with van der Waals surface area (Å²) in [6.45, 7) is 0.0950. The fourth-order valence-electron chi connectivity index (χ4n) is 5.56. The molecular formula is C19H25N3O3. The lowest BCUT2D eigenvalue weighted by molar-refractivity contribution is -0.0540. The lowest BCUT2D eigenvalue weighted by Gasteiger charge is -2.54. The van der Waals surface area contributed by atoms with E-state index in [9.17, 15) is 15.5 Å². The highest BCUT2D eigenvalue weighted by atomic mass is 16.5. The third-order valence-corrected chi connectivity index (χ3v) is 6.52. The van der Waals surface area contributed by atoms with E-state index in [0.717, 1.165) is 24.2 Å². The summed E-state index contributed by atoms with van der Waals surface area (Å²) >= 11 is 0. The van der Waals surface area contributed by atoms with Crippen molar-refractivity contribution in [3.8, 4) is 11.8 Å². The van der Waals surface area contributed by atoms with Gasteiger partial charge in [-0.25, -0.2) is 0 Å². The Morgan fingerprint density at radius 1 is 1.28 bits per heavy atom. The van der Waals surface area contributed by atoms with E-state index in [-0.39, 0.29) is 49.3 Å². The maximum atomic E-state index is 10.2. The van der Waals surface area contributed by atoms with Gasteiger partial charge in [-0.2, -0.15) is 5.26 Å². The van der Waals surface area contributed by atoms with Crippen LogP contribution in [0.2, 0.25) is 0 Å². The van der Waals surface area contributed by atoms with E-state index < -0.39 is 0 Å². The van der Waals surface area contributed by atoms with Crippen molar-refractivity contribution in [1.29, 1.82) is 5.26 Å². The highest BCUT2D eigenvalue weighted by molar-refractivity contribution is 5.46. The van der Waals surface area contributed by atoms with E-state index >= 15 is 0 Å². The molecule has 6 heteroatoms. The summed E-state index contributed by atoms with van der Waals surface area (Å²) in [5.74, 6) is 0.948. The van der Waals surface area contributed by atoms with Crippen molar-refractivity contribution in [1.82, 2.24) is 9.80 Å². The van der Waals surface area contributed by atoms with Gasteiger partial charge in [0.15, 0.2) is 0 Å². The number of nitriles is 1. The summed E-state index contributed by atoms with van der Waals surface area (Å²) in [5.41, 5.74) is 2.18. The fraction of sp³-hybridized carbons (Fsp3) is 0.632.